The normalized spacial score (nSPS) is 37.7. The maximum atomic E-state index is 5.90. The fraction of sp³-hybridized carbons (Fsp3) is 0.571. The summed E-state index contributed by atoms with van der Waals surface area (Å²) in [4.78, 5) is 12.6. The second-order valence-electron chi connectivity index (χ2n) is 5.66. The first-order valence-electron chi connectivity index (χ1n) is 6.74. The van der Waals surface area contributed by atoms with Crippen LogP contribution in [0.4, 0.5) is 0 Å². The van der Waals surface area contributed by atoms with Crippen molar-refractivity contribution in [3.05, 3.63) is 30.1 Å². The molecule has 1 atom stereocenters. The van der Waals surface area contributed by atoms with Gasteiger partial charge in [-0.2, -0.15) is 0 Å². The highest BCUT2D eigenvalue weighted by Crippen LogP contribution is 2.43. The highest BCUT2D eigenvalue weighted by atomic mass is 16.7. The van der Waals surface area contributed by atoms with E-state index in [1.54, 1.807) is 6.20 Å². The van der Waals surface area contributed by atoms with Crippen LogP contribution in [-0.2, 0) is 4.84 Å². The number of pyridine rings is 1. The molecule has 4 aliphatic heterocycles. The van der Waals surface area contributed by atoms with Gasteiger partial charge in [0.2, 0.25) is 0 Å². The lowest BCUT2D eigenvalue weighted by Gasteiger charge is -2.49. The SMILES string of the molecule is c1cncc(C2=NOC3(C2)CN2CCC3CC2)c1. The molecule has 0 amide bonds. The zero-order valence-electron chi connectivity index (χ0n) is 10.4. The van der Waals surface area contributed by atoms with Gasteiger partial charge in [0.05, 0.1) is 5.71 Å². The number of hydrogen-bond donors (Lipinski definition) is 0. The second kappa shape index (κ2) is 3.79. The van der Waals surface area contributed by atoms with Crippen LogP contribution >= 0.6 is 0 Å². The largest absolute Gasteiger partial charge is 0.387 e. The summed E-state index contributed by atoms with van der Waals surface area (Å²) in [7, 11) is 0. The molecule has 1 unspecified atom stereocenters. The Bertz CT molecular complexity index is 479. The van der Waals surface area contributed by atoms with E-state index >= 15 is 0 Å². The van der Waals surface area contributed by atoms with E-state index in [1.165, 1.54) is 25.9 Å². The van der Waals surface area contributed by atoms with Crippen molar-refractivity contribution >= 4 is 5.71 Å². The molecule has 1 aromatic rings. The number of nitrogens with zero attached hydrogens (tertiary/aromatic N) is 3. The monoisotopic (exact) mass is 243 g/mol. The quantitative estimate of drug-likeness (QED) is 0.753. The maximum Gasteiger partial charge on any atom is 0.158 e. The van der Waals surface area contributed by atoms with Crippen molar-refractivity contribution in [2.75, 3.05) is 19.6 Å². The summed E-state index contributed by atoms with van der Waals surface area (Å²) in [6.45, 7) is 3.51. The van der Waals surface area contributed by atoms with Crippen molar-refractivity contribution in [3.63, 3.8) is 0 Å². The van der Waals surface area contributed by atoms with Gasteiger partial charge in [0, 0.05) is 36.8 Å². The molecule has 4 heteroatoms. The second-order valence-corrected chi connectivity index (χ2v) is 5.66. The molecule has 0 N–H and O–H groups in total. The van der Waals surface area contributed by atoms with Gasteiger partial charge in [-0.1, -0.05) is 5.16 Å². The van der Waals surface area contributed by atoms with Crippen molar-refractivity contribution in [2.45, 2.75) is 24.9 Å². The average molecular weight is 243 g/mol. The van der Waals surface area contributed by atoms with E-state index in [0.29, 0.717) is 5.92 Å². The molecule has 94 valence electrons. The number of hydrogen-bond acceptors (Lipinski definition) is 4. The lowest BCUT2D eigenvalue weighted by Crippen LogP contribution is -2.59. The molecular formula is C14H17N3O. The molecule has 18 heavy (non-hydrogen) atoms. The lowest BCUT2D eigenvalue weighted by molar-refractivity contribution is -0.136. The third-order valence-corrected chi connectivity index (χ3v) is 4.62. The Labute approximate surface area is 107 Å². The number of fused-ring (bicyclic) bond motifs is 2. The maximum absolute atomic E-state index is 5.90. The molecule has 4 nitrogen and oxygen atoms in total. The van der Waals surface area contributed by atoms with E-state index < -0.39 is 0 Å². The van der Waals surface area contributed by atoms with Gasteiger partial charge in [0.1, 0.15) is 0 Å². The highest BCUT2D eigenvalue weighted by Gasteiger charge is 2.52. The first-order chi connectivity index (χ1) is 8.86. The predicted octanol–water partition coefficient (Wildman–Crippen LogP) is 1.67. The van der Waals surface area contributed by atoms with Crippen molar-refractivity contribution in [3.8, 4) is 0 Å². The van der Waals surface area contributed by atoms with Crippen molar-refractivity contribution in [1.29, 1.82) is 0 Å². The van der Waals surface area contributed by atoms with E-state index in [2.05, 4.69) is 21.1 Å². The van der Waals surface area contributed by atoms with Gasteiger partial charge >= 0.3 is 0 Å². The van der Waals surface area contributed by atoms with E-state index in [1.807, 2.05) is 12.3 Å². The van der Waals surface area contributed by atoms with E-state index in [0.717, 1.165) is 24.2 Å². The smallest absolute Gasteiger partial charge is 0.158 e. The molecule has 1 aromatic heterocycles. The van der Waals surface area contributed by atoms with Crippen LogP contribution in [-0.4, -0.2) is 40.8 Å². The molecule has 5 rings (SSSR count). The summed E-state index contributed by atoms with van der Waals surface area (Å²) >= 11 is 0. The Balaban J connectivity index is 1.59. The van der Waals surface area contributed by atoms with Crippen LogP contribution < -0.4 is 0 Å². The zero-order valence-corrected chi connectivity index (χ0v) is 10.4. The van der Waals surface area contributed by atoms with Crippen LogP contribution in [0.25, 0.3) is 0 Å². The average Bonchev–Trinajstić information content (AvgIpc) is 2.85. The number of oxime groups is 1. The summed E-state index contributed by atoms with van der Waals surface area (Å²) < 4.78 is 0. The van der Waals surface area contributed by atoms with Crippen LogP contribution in [0.2, 0.25) is 0 Å². The number of piperidine rings is 3. The van der Waals surface area contributed by atoms with Crippen molar-refractivity contribution in [2.24, 2.45) is 11.1 Å². The third-order valence-electron chi connectivity index (χ3n) is 4.62. The third kappa shape index (κ3) is 1.48. The molecule has 3 saturated heterocycles. The van der Waals surface area contributed by atoms with Crippen LogP contribution in [0.15, 0.2) is 29.7 Å². The first kappa shape index (κ1) is 10.5. The molecule has 0 radical (unpaired) electrons. The van der Waals surface area contributed by atoms with Gasteiger partial charge in [-0.25, -0.2) is 0 Å². The first-order valence-corrected chi connectivity index (χ1v) is 6.74. The summed E-state index contributed by atoms with van der Waals surface area (Å²) in [6, 6.07) is 4.02. The van der Waals surface area contributed by atoms with Gasteiger partial charge in [-0.05, 0) is 38.1 Å². The van der Waals surface area contributed by atoms with Crippen LogP contribution in [0.5, 0.6) is 0 Å². The van der Waals surface area contributed by atoms with Gasteiger partial charge in [0.25, 0.3) is 0 Å². The van der Waals surface area contributed by atoms with E-state index in [9.17, 15) is 0 Å². The predicted molar refractivity (Wildman–Crippen MR) is 68.4 cm³/mol. The fourth-order valence-corrected chi connectivity index (χ4v) is 3.61. The van der Waals surface area contributed by atoms with Crippen LogP contribution in [0, 0.1) is 5.92 Å². The molecule has 4 aliphatic rings. The van der Waals surface area contributed by atoms with Crippen LogP contribution in [0.1, 0.15) is 24.8 Å². The molecule has 1 spiro atoms. The van der Waals surface area contributed by atoms with Gasteiger partial charge in [-0.15, -0.1) is 0 Å². The van der Waals surface area contributed by atoms with Gasteiger partial charge in [-0.3, -0.25) is 9.88 Å². The van der Waals surface area contributed by atoms with E-state index in [-0.39, 0.29) is 5.60 Å². The van der Waals surface area contributed by atoms with Crippen molar-refractivity contribution in [1.82, 2.24) is 9.88 Å². The Kier molecular flexibility index (Phi) is 2.21. The van der Waals surface area contributed by atoms with Gasteiger partial charge < -0.3 is 4.84 Å². The minimum atomic E-state index is -0.0400. The van der Waals surface area contributed by atoms with Gasteiger partial charge in [0.15, 0.2) is 5.60 Å². The Morgan fingerprint density at radius 3 is 2.89 bits per heavy atom. The number of aromatic nitrogens is 1. The highest BCUT2D eigenvalue weighted by molar-refractivity contribution is 6.01. The topological polar surface area (TPSA) is 37.7 Å². The molecular weight excluding hydrogens is 226 g/mol. The molecule has 0 aliphatic carbocycles. The zero-order chi connectivity index (χ0) is 12.0. The summed E-state index contributed by atoms with van der Waals surface area (Å²) in [5.41, 5.74) is 2.13. The standard InChI is InChI=1S/C14H17N3O/c1-2-11(9-15-5-1)13-8-14(18-16-13)10-17-6-3-12(14)4-7-17/h1-2,5,9,12H,3-4,6-8,10H2. The molecule has 3 fully saturated rings. The summed E-state index contributed by atoms with van der Waals surface area (Å²) in [6.07, 6.45) is 7.14. The molecule has 2 bridgehead atoms. The Morgan fingerprint density at radius 1 is 1.33 bits per heavy atom. The molecule has 0 aromatic carbocycles. The summed E-state index contributed by atoms with van der Waals surface area (Å²) in [5.74, 6) is 0.681. The van der Waals surface area contributed by atoms with Crippen LogP contribution in [0.3, 0.4) is 0 Å². The number of rotatable bonds is 1. The Morgan fingerprint density at radius 2 is 2.22 bits per heavy atom. The van der Waals surface area contributed by atoms with Crippen molar-refractivity contribution < 1.29 is 4.84 Å². The fourth-order valence-electron chi connectivity index (χ4n) is 3.61. The minimum absolute atomic E-state index is 0.0400. The lowest BCUT2D eigenvalue weighted by atomic mass is 9.73. The summed E-state index contributed by atoms with van der Waals surface area (Å²) in [5, 5.41) is 4.35. The molecule has 5 heterocycles. The Hall–Kier alpha value is -1.42. The molecule has 0 saturated carbocycles. The minimum Gasteiger partial charge on any atom is -0.387 e. The van der Waals surface area contributed by atoms with E-state index in [4.69, 9.17) is 4.84 Å².